The summed E-state index contributed by atoms with van der Waals surface area (Å²) < 4.78 is 28.7. The molecule has 3 rings (SSSR count). The molecule has 0 aliphatic carbocycles. The van der Waals surface area contributed by atoms with Crippen molar-refractivity contribution in [3.05, 3.63) is 94.0 Å². The summed E-state index contributed by atoms with van der Waals surface area (Å²) in [5.74, 6) is -0.848. The van der Waals surface area contributed by atoms with Gasteiger partial charge in [-0.25, -0.2) is 8.42 Å². The fourth-order valence-electron chi connectivity index (χ4n) is 4.28. The summed E-state index contributed by atoms with van der Waals surface area (Å²) in [6, 6.07) is 19.0. The molecule has 0 radical (unpaired) electrons. The van der Waals surface area contributed by atoms with Crippen molar-refractivity contribution in [2.75, 3.05) is 10.8 Å². The molecule has 3 aromatic carbocycles. The van der Waals surface area contributed by atoms with Gasteiger partial charge in [0.2, 0.25) is 11.8 Å². The van der Waals surface area contributed by atoms with Gasteiger partial charge in [-0.05, 0) is 62.6 Å². The molecule has 2 atom stereocenters. The minimum atomic E-state index is -4.23. The normalized spacial score (nSPS) is 12.8. The lowest BCUT2D eigenvalue weighted by Crippen LogP contribution is -2.53. The number of amides is 2. The summed E-state index contributed by atoms with van der Waals surface area (Å²) >= 11 is 12.7. The molecule has 214 valence electrons. The summed E-state index contributed by atoms with van der Waals surface area (Å²) in [5.41, 5.74) is 1.89. The van der Waals surface area contributed by atoms with Gasteiger partial charge in [-0.3, -0.25) is 13.9 Å². The molecule has 2 amide bonds. The van der Waals surface area contributed by atoms with Crippen LogP contribution in [0.1, 0.15) is 44.7 Å². The van der Waals surface area contributed by atoms with Gasteiger partial charge < -0.3 is 10.2 Å². The lowest BCUT2D eigenvalue weighted by molar-refractivity contribution is -0.140. The number of sulfonamides is 1. The monoisotopic (exact) mass is 603 g/mol. The van der Waals surface area contributed by atoms with E-state index in [-0.39, 0.29) is 39.1 Å². The van der Waals surface area contributed by atoms with E-state index in [1.165, 1.54) is 29.2 Å². The first-order chi connectivity index (χ1) is 19.0. The molecule has 0 bridgehead atoms. The fraction of sp³-hybridized carbons (Fsp3) is 0.333. The Morgan fingerprint density at radius 3 is 2.25 bits per heavy atom. The predicted molar refractivity (Wildman–Crippen MR) is 161 cm³/mol. The van der Waals surface area contributed by atoms with E-state index in [1.807, 2.05) is 52.0 Å². The average molecular weight is 605 g/mol. The number of rotatable bonds is 12. The molecule has 2 unspecified atom stereocenters. The van der Waals surface area contributed by atoms with Gasteiger partial charge >= 0.3 is 0 Å². The molecule has 0 aliphatic rings. The molecule has 0 spiro atoms. The summed E-state index contributed by atoms with van der Waals surface area (Å²) in [6.07, 6.45) is 1.06. The number of aryl methyl sites for hydroxylation is 1. The summed E-state index contributed by atoms with van der Waals surface area (Å²) in [7, 11) is -4.23. The molecule has 3 aromatic rings. The van der Waals surface area contributed by atoms with Crippen molar-refractivity contribution in [3.63, 3.8) is 0 Å². The maximum Gasteiger partial charge on any atom is 0.264 e. The van der Waals surface area contributed by atoms with E-state index in [4.69, 9.17) is 23.2 Å². The SMILES string of the molecule is CCC(C)NC(=O)C(CC)N(Cc1cccc(C)c1)C(=O)CN(c1cc(Cl)ccc1Cl)S(=O)(=O)c1ccccc1. The smallest absolute Gasteiger partial charge is 0.264 e. The third-order valence-electron chi connectivity index (χ3n) is 6.61. The number of halogens is 2. The number of nitrogens with zero attached hydrogens (tertiary/aromatic N) is 2. The quantitative estimate of drug-likeness (QED) is 0.266. The van der Waals surface area contributed by atoms with Crippen molar-refractivity contribution in [2.24, 2.45) is 0 Å². The van der Waals surface area contributed by atoms with Crippen molar-refractivity contribution >= 4 is 50.7 Å². The molecule has 0 heterocycles. The number of anilines is 1. The van der Waals surface area contributed by atoms with Crippen LogP contribution in [0.25, 0.3) is 0 Å². The topological polar surface area (TPSA) is 86.8 Å². The van der Waals surface area contributed by atoms with Crippen LogP contribution in [0.4, 0.5) is 5.69 Å². The highest BCUT2D eigenvalue weighted by atomic mass is 35.5. The van der Waals surface area contributed by atoms with Crippen molar-refractivity contribution in [2.45, 2.75) is 64.1 Å². The van der Waals surface area contributed by atoms with Crippen LogP contribution in [0, 0.1) is 6.92 Å². The molecule has 10 heteroatoms. The maximum absolute atomic E-state index is 14.1. The third-order valence-corrected chi connectivity index (χ3v) is 8.94. The Labute approximate surface area is 247 Å². The van der Waals surface area contributed by atoms with E-state index in [9.17, 15) is 18.0 Å². The van der Waals surface area contributed by atoms with E-state index >= 15 is 0 Å². The highest BCUT2D eigenvalue weighted by Gasteiger charge is 2.34. The van der Waals surface area contributed by atoms with Crippen molar-refractivity contribution in [1.82, 2.24) is 10.2 Å². The number of carbonyl (C=O) groups is 2. The summed E-state index contributed by atoms with van der Waals surface area (Å²) in [6.45, 7) is 7.16. The maximum atomic E-state index is 14.1. The minimum Gasteiger partial charge on any atom is -0.352 e. The Morgan fingerprint density at radius 1 is 0.925 bits per heavy atom. The molecule has 7 nitrogen and oxygen atoms in total. The van der Waals surface area contributed by atoms with Gasteiger partial charge in [0.25, 0.3) is 10.0 Å². The molecule has 1 N–H and O–H groups in total. The van der Waals surface area contributed by atoms with Crippen LogP contribution in [0.2, 0.25) is 10.0 Å². The number of carbonyl (C=O) groups excluding carboxylic acids is 2. The van der Waals surface area contributed by atoms with Crippen molar-refractivity contribution in [1.29, 1.82) is 0 Å². The van der Waals surface area contributed by atoms with Crippen LogP contribution in [-0.4, -0.2) is 43.8 Å². The van der Waals surface area contributed by atoms with Gasteiger partial charge in [0.05, 0.1) is 15.6 Å². The first kappa shape index (κ1) is 31.5. The van der Waals surface area contributed by atoms with Crippen LogP contribution in [0.5, 0.6) is 0 Å². The molecule has 0 saturated heterocycles. The number of hydrogen-bond donors (Lipinski definition) is 1. The van der Waals surface area contributed by atoms with Crippen LogP contribution in [0.3, 0.4) is 0 Å². The van der Waals surface area contributed by atoms with Gasteiger partial charge in [0.15, 0.2) is 0 Å². The molecule has 40 heavy (non-hydrogen) atoms. The van der Waals surface area contributed by atoms with Crippen molar-refractivity contribution in [3.8, 4) is 0 Å². The molecule has 0 aliphatic heterocycles. The van der Waals surface area contributed by atoms with Gasteiger partial charge in [0, 0.05) is 17.6 Å². The van der Waals surface area contributed by atoms with E-state index in [2.05, 4.69) is 5.32 Å². The zero-order valence-corrected chi connectivity index (χ0v) is 25.4. The zero-order valence-electron chi connectivity index (χ0n) is 23.1. The third kappa shape index (κ3) is 7.77. The van der Waals surface area contributed by atoms with E-state index in [0.717, 1.165) is 21.9 Å². The average Bonchev–Trinajstić information content (AvgIpc) is 2.93. The van der Waals surface area contributed by atoms with Crippen LogP contribution in [0.15, 0.2) is 77.7 Å². The van der Waals surface area contributed by atoms with Crippen LogP contribution >= 0.6 is 23.2 Å². The van der Waals surface area contributed by atoms with Crippen molar-refractivity contribution < 1.29 is 18.0 Å². The lowest BCUT2D eigenvalue weighted by Gasteiger charge is -2.34. The predicted octanol–water partition coefficient (Wildman–Crippen LogP) is 6.22. The largest absolute Gasteiger partial charge is 0.352 e. The molecular weight excluding hydrogens is 569 g/mol. The first-order valence-electron chi connectivity index (χ1n) is 13.2. The Morgan fingerprint density at radius 2 is 1.62 bits per heavy atom. The highest BCUT2D eigenvalue weighted by molar-refractivity contribution is 7.92. The van der Waals surface area contributed by atoms with E-state index in [1.54, 1.807) is 24.3 Å². The second-order valence-electron chi connectivity index (χ2n) is 9.67. The molecule has 0 fully saturated rings. The zero-order chi connectivity index (χ0) is 29.4. The highest BCUT2D eigenvalue weighted by Crippen LogP contribution is 2.33. The first-order valence-corrected chi connectivity index (χ1v) is 15.4. The van der Waals surface area contributed by atoms with Gasteiger partial charge in [-0.1, -0.05) is 85.1 Å². The van der Waals surface area contributed by atoms with Gasteiger partial charge in [-0.15, -0.1) is 0 Å². The molecule has 0 saturated carbocycles. The van der Waals surface area contributed by atoms with Gasteiger partial charge in [-0.2, -0.15) is 0 Å². The van der Waals surface area contributed by atoms with Gasteiger partial charge in [0.1, 0.15) is 12.6 Å². The number of benzene rings is 3. The fourth-order valence-corrected chi connectivity index (χ4v) is 6.16. The second-order valence-corrected chi connectivity index (χ2v) is 12.4. The molecule has 0 aromatic heterocycles. The number of hydrogen-bond acceptors (Lipinski definition) is 4. The standard InChI is InChI=1S/C30H35Cl2N3O4S/c1-5-22(4)33-30(37)27(6-2)34(19-23-12-10-11-21(3)17-23)29(36)20-35(28-18-24(31)15-16-26(28)32)40(38,39)25-13-8-7-9-14-25/h7-18,22,27H,5-6,19-20H2,1-4H3,(H,33,37). The summed E-state index contributed by atoms with van der Waals surface area (Å²) in [4.78, 5) is 28.9. The minimum absolute atomic E-state index is 0.00867. The Hall–Kier alpha value is -3.07. The Kier molecular flexibility index (Phi) is 11.0. The van der Waals surface area contributed by atoms with Crippen LogP contribution < -0.4 is 9.62 Å². The lowest BCUT2D eigenvalue weighted by atomic mass is 10.1. The Bertz CT molecular complexity index is 1430. The Balaban J connectivity index is 2.09. The second kappa shape index (κ2) is 14.0. The van der Waals surface area contributed by atoms with E-state index in [0.29, 0.717) is 6.42 Å². The summed E-state index contributed by atoms with van der Waals surface area (Å²) in [5, 5.41) is 3.34. The molecular formula is C30H35Cl2N3O4S. The number of nitrogens with one attached hydrogen (secondary N) is 1. The van der Waals surface area contributed by atoms with Crippen LogP contribution in [-0.2, 0) is 26.2 Å². The van der Waals surface area contributed by atoms with E-state index < -0.39 is 28.5 Å².